The molecule has 0 fully saturated rings. The normalized spacial score (nSPS) is 24.9. The second-order valence-corrected chi connectivity index (χ2v) is 7.92. The minimum atomic E-state index is -0.179. The van der Waals surface area contributed by atoms with Crippen molar-refractivity contribution < 1.29 is 0 Å². The average Bonchev–Trinajstić information content (AvgIpc) is 2.84. The lowest BCUT2D eigenvalue weighted by Gasteiger charge is -2.32. The van der Waals surface area contributed by atoms with Crippen LogP contribution >= 0.6 is 0 Å². The second-order valence-electron chi connectivity index (χ2n) is 7.92. The number of rotatable bonds is 4. The zero-order valence-electron chi connectivity index (χ0n) is 16.4. The Morgan fingerprint density at radius 1 is 0.963 bits per heavy atom. The van der Waals surface area contributed by atoms with E-state index in [-0.39, 0.29) is 10.8 Å². The fourth-order valence-electron chi connectivity index (χ4n) is 4.56. The maximum absolute atomic E-state index is 6.17. The highest BCUT2D eigenvalue weighted by molar-refractivity contribution is 5.62. The molecule has 27 heavy (non-hydrogen) atoms. The molecule has 0 spiro atoms. The molecule has 0 amide bonds. The Kier molecular flexibility index (Phi) is 4.64. The molecule has 2 unspecified atom stereocenters. The van der Waals surface area contributed by atoms with Gasteiger partial charge in [-0.2, -0.15) is 0 Å². The van der Waals surface area contributed by atoms with Gasteiger partial charge in [0, 0.05) is 27.9 Å². The van der Waals surface area contributed by atoms with Crippen LogP contribution in [0.4, 0.5) is 11.4 Å². The maximum Gasteiger partial charge on any atom is 0.0317 e. The van der Waals surface area contributed by atoms with Crippen LogP contribution in [0.5, 0.6) is 0 Å². The summed E-state index contributed by atoms with van der Waals surface area (Å²) >= 11 is 0. The number of nitrogens with two attached hydrogens (primary N) is 3. The van der Waals surface area contributed by atoms with Gasteiger partial charge in [0.2, 0.25) is 0 Å². The van der Waals surface area contributed by atoms with Crippen LogP contribution < -0.4 is 17.2 Å². The van der Waals surface area contributed by atoms with Crippen molar-refractivity contribution in [3.8, 4) is 0 Å². The molecule has 2 aromatic rings. The molecule has 140 valence electrons. The Hall–Kier alpha value is -2.94. The van der Waals surface area contributed by atoms with Gasteiger partial charge < -0.3 is 17.2 Å². The minimum absolute atomic E-state index is 0.132. The Morgan fingerprint density at radius 3 is 2.19 bits per heavy atom. The van der Waals surface area contributed by atoms with Crippen LogP contribution in [0.15, 0.2) is 78.5 Å². The van der Waals surface area contributed by atoms with E-state index >= 15 is 0 Å². The van der Waals surface area contributed by atoms with Crippen molar-refractivity contribution in [1.29, 1.82) is 0 Å². The van der Waals surface area contributed by atoms with Gasteiger partial charge in [0.1, 0.15) is 0 Å². The van der Waals surface area contributed by atoms with Crippen LogP contribution in [0.2, 0.25) is 0 Å². The van der Waals surface area contributed by atoms with Crippen molar-refractivity contribution in [3.63, 3.8) is 0 Å². The average molecular weight is 360 g/mol. The summed E-state index contributed by atoms with van der Waals surface area (Å²) in [5.41, 5.74) is 24.7. The molecule has 0 heterocycles. The fourth-order valence-corrected chi connectivity index (χ4v) is 4.56. The molecule has 0 saturated heterocycles. The van der Waals surface area contributed by atoms with Crippen LogP contribution in [-0.2, 0) is 10.8 Å². The van der Waals surface area contributed by atoms with Crippen LogP contribution in [0, 0.1) is 0 Å². The highest BCUT2D eigenvalue weighted by Gasteiger charge is 2.49. The summed E-state index contributed by atoms with van der Waals surface area (Å²) in [6, 6.07) is 14.5. The van der Waals surface area contributed by atoms with Crippen molar-refractivity contribution in [3.05, 3.63) is 95.2 Å². The summed E-state index contributed by atoms with van der Waals surface area (Å²) < 4.78 is 0. The van der Waals surface area contributed by atoms with Crippen molar-refractivity contribution in [2.24, 2.45) is 5.73 Å². The summed E-state index contributed by atoms with van der Waals surface area (Å²) in [5, 5.41) is 0. The van der Waals surface area contributed by atoms with E-state index in [1.807, 2.05) is 24.3 Å². The molecule has 2 atom stereocenters. The molecule has 3 rings (SSSR count). The van der Waals surface area contributed by atoms with E-state index in [0.717, 1.165) is 17.8 Å². The maximum atomic E-state index is 6.17. The fraction of sp³-hybridized carbons (Fsp3) is 0.250. The van der Waals surface area contributed by atoms with E-state index in [2.05, 4.69) is 63.8 Å². The van der Waals surface area contributed by atoms with Crippen LogP contribution in [0.1, 0.15) is 43.9 Å². The highest BCUT2D eigenvalue weighted by atomic mass is 14.6. The molecule has 2 aromatic carbocycles. The number of hydrogen-bond acceptors (Lipinski definition) is 3. The zero-order valence-corrected chi connectivity index (χ0v) is 16.4. The summed E-state index contributed by atoms with van der Waals surface area (Å²) in [4.78, 5) is 0. The molecule has 0 saturated carbocycles. The number of hydrogen-bond donors (Lipinski definition) is 3. The predicted octanol–water partition coefficient (Wildman–Crippen LogP) is 4.79. The Morgan fingerprint density at radius 2 is 1.59 bits per heavy atom. The molecule has 3 nitrogen and oxygen atoms in total. The molecule has 1 aliphatic rings. The predicted molar refractivity (Wildman–Crippen MR) is 116 cm³/mol. The van der Waals surface area contributed by atoms with Crippen molar-refractivity contribution in [2.45, 2.75) is 38.0 Å². The smallest absolute Gasteiger partial charge is 0.0317 e. The molecule has 1 aliphatic carbocycles. The first kappa shape index (κ1) is 18.8. The van der Waals surface area contributed by atoms with Gasteiger partial charge in [-0.15, -0.1) is 0 Å². The zero-order chi connectivity index (χ0) is 19.8. The van der Waals surface area contributed by atoms with Crippen LogP contribution in [-0.4, -0.2) is 0 Å². The van der Waals surface area contributed by atoms with E-state index in [0.29, 0.717) is 5.70 Å². The lowest BCUT2D eigenvalue weighted by atomic mass is 9.71. The summed E-state index contributed by atoms with van der Waals surface area (Å²) in [7, 11) is 0. The standard InChI is InChI=1S/C24H29N3/c1-5-17(7-6-16(2)25)23(3)15-24(4,18-8-10-19(26)11-9-18)21-13-12-20(27)14-22(21)23/h5-14H,2,15,25-27H2,1,3-4H3/b7-6-,17-5+. The first-order chi connectivity index (χ1) is 12.7. The third-order valence-electron chi connectivity index (χ3n) is 5.91. The molecule has 0 bridgehead atoms. The highest BCUT2D eigenvalue weighted by Crippen LogP contribution is 2.56. The van der Waals surface area contributed by atoms with Gasteiger partial charge in [-0.25, -0.2) is 0 Å². The summed E-state index contributed by atoms with van der Waals surface area (Å²) in [6.45, 7) is 10.4. The third-order valence-corrected chi connectivity index (χ3v) is 5.91. The van der Waals surface area contributed by atoms with Crippen LogP contribution in [0.3, 0.4) is 0 Å². The Balaban J connectivity index is 2.20. The van der Waals surface area contributed by atoms with E-state index in [4.69, 9.17) is 17.2 Å². The van der Waals surface area contributed by atoms with Gasteiger partial charge in [-0.05, 0) is 65.9 Å². The molecular formula is C24H29N3. The topological polar surface area (TPSA) is 78.1 Å². The molecule has 0 aliphatic heterocycles. The number of fused-ring (bicyclic) bond motifs is 1. The minimum Gasteiger partial charge on any atom is -0.399 e. The molecular weight excluding hydrogens is 330 g/mol. The first-order valence-electron chi connectivity index (χ1n) is 9.26. The van der Waals surface area contributed by atoms with Gasteiger partial charge in [0.25, 0.3) is 0 Å². The number of anilines is 2. The molecule has 6 N–H and O–H groups in total. The largest absolute Gasteiger partial charge is 0.399 e. The lowest BCUT2D eigenvalue weighted by molar-refractivity contribution is 0.449. The SMILES string of the molecule is C=C(N)/C=C\C(=C/C)C1(C)CC(C)(c2ccc(N)cc2)c2ccc(N)cc21. The van der Waals surface area contributed by atoms with E-state index in [1.165, 1.54) is 22.3 Å². The van der Waals surface area contributed by atoms with Crippen molar-refractivity contribution >= 4 is 11.4 Å². The van der Waals surface area contributed by atoms with Gasteiger partial charge >= 0.3 is 0 Å². The molecule has 0 radical (unpaired) electrons. The summed E-state index contributed by atoms with van der Waals surface area (Å²) in [5.74, 6) is 0. The third kappa shape index (κ3) is 3.14. The van der Waals surface area contributed by atoms with Gasteiger partial charge in [0.15, 0.2) is 0 Å². The number of benzene rings is 2. The van der Waals surface area contributed by atoms with Gasteiger partial charge in [0.05, 0.1) is 0 Å². The molecule has 0 aromatic heterocycles. The monoisotopic (exact) mass is 359 g/mol. The second kappa shape index (κ2) is 6.66. The summed E-state index contributed by atoms with van der Waals surface area (Å²) in [6.07, 6.45) is 7.03. The van der Waals surface area contributed by atoms with Crippen LogP contribution in [0.25, 0.3) is 0 Å². The van der Waals surface area contributed by atoms with E-state index < -0.39 is 0 Å². The quantitative estimate of drug-likeness (QED) is 0.542. The first-order valence-corrected chi connectivity index (χ1v) is 9.26. The Labute approximate surface area is 162 Å². The number of allylic oxidation sites excluding steroid dienone is 4. The number of nitrogen functional groups attached to an aromatic ring is 2. The van der Waals surface area contributed by atoms with Crippen molar-refractivity contribution in [1.82, 2.24) is 0 Å². The van der Waals surface area contributed by atoms with Crippen molar-refractivity contribution in [2.75, 3.05) is 11.5 Å². The van der Waals surface area contributed by atoms with E-state index in [1.54, 1.807) is 0 Å². The lowest BCUT2D eigenvalue weighted by Crippen LogP contribution is -2.26. The van der Waals surface area contributed by atoms with E-state index in [9.17, 15) is 0 Å². The van der Waals surface area contributed by atoms with Gasteiger partial charge in [-0.1, -0.05) is 50.8 Å². The Bertz CT molecular complexity index is 937. The molecule has 3 heteroatoms. The van der Waals surface area contributed by atoms with Gasteiger partial charge in [-0.3, -0.25) is 0 Å².